The van der Waals surface area contributed by atoms with Crippen LogP contribution in [0.4, 0.5) is 0 Å². The van der Waals surface area contributed by atoms with Crippen LogP contribution in [0.2, 0.25) is 0 Å². The average Bonchev–Trinajstić information content (AvgIpc) is 3.03. The predicted molar refractivity (Wildman–Crippen MR) is 113 cm³/mol. The molecule has 0 N–H and O–H groups in total. The normalized spacial score (nSPS) is 22.3. The van der Waals surface area contributed by atoms with Gasteiger partial charge in [-0.2, -0.15) is 0 Å². The van der Waals surface area contributed by atoms with Gasteiger partial charge in [0, 0.05) is 5.75 Å². The lowest BCUT2D eigenvalue weighted by atomic mass is 10.0. The molecule has 156 valence electrons. The number of rotatable bonds is 4. The average molecular weight is 434 g/mol. The fraction of sp³-hybridized carbons (Fsp3) is 0.217. The highest BCUT2D eigenvalue weighted by molar-refractivity contribution is 8.00. The molecule has 8 heteroatoms. The van der Waals surface area contributed by atoms with Crippen LogP contribution >= 0.6 is 11.8 Å². The van der Waals surface area contributed by atoms with Crippen LogP contribution in [-0.2, 0) is 20.9 Å². The van der Waals surface area contributed by atoms with E-state index in [1.54, 1.807) is 31.2 Å². The van der Waals surface area contributed by atoms with E-state index in [0.717, 1.165) is 16.0 Å². The van der Waals surface area contributed by atoms with E-state index in [2.05, 4.69) is 0 Å². The van der Waals surface area contributed by atoms with Crippen molar-refractivity contribution < 1.29 is 23.9 Å². The number of hydrogen-bond donors (Lipinski definition) is 0. The van der Waals surface area contributed by atoms with Gasteiger partial charge in [0.05, 0.1) is 11.1 Å². The second-order valence-corrected chi connectivity index (χ2v) is 8.68. The highest BCUT2D eigenvalue weighted by Gasteiger charge is 2.59. The second kappa shape index (κ2) is 7.39. The first-order valence-corrected chi connectivity index (χ1v) is 10.9. The quantitative estimate of drug-likeness (QED) is 0.418. The van der Waals surface area contributed by atoms with Gasteiger partial charge in [-0.15, -0.1) is 11.8 Å². The maximum atomic E-state index is 13.1. The van der Waals surface area contributed by atoms with Crippen molar-refractivity contribution in [3.63, 3.8) is 0 Å². The van der Waals surface area contributed by atoms with E-state index in [-0.39, 0.29) is 12.3 Å². The summed E-state index contributed by atoms with van der Waals surface area (Å²) >= 11 is 1.43. The standard InChI is InChI=1S/C23H18N2O5S/c1-13-12-31-22-18(24-19(26)15-9-5-6-10-16(15)20(24)27)21(28)25(22)17(13)23(29)30-11-14-7-3-2-4-8-14/h2-10,18,22H,11-12H2,1H3/t18-,22+/m1/s1. The minimum atomic E-state index is -0.928. The Bertz CT molecular complexity index is 1120. The number of esters is 1. The van der Waals surface area contributed by atoms with Gasteiger partial charge in [-0.1, -0.05) is 42.5 Å². The number of ether oxygens (including phenoxy) is 1. The van der Waals surface area contributed by atoms with Gasteiger partial charge in [0.2, 0.25) is 0 Å². The van der Waals surface area contributed by atoms with Gasteiger partial charge in [0.1, 0.15) is 23.7 Å². The summed E-state index contributed by atoms with van der Waals surface area (Å²) in [6.45, 7) is 1.88. The monoisotopic (exact) mass is 434 g/mol. The number of carbonyl (C=O) groups is 4. The van der Waals surface area contributed by atoms with Crippen LogP contribution in [0.1, 0.15) is 33.2 Å². The molecular formula is C23H18N2O5S. The summed E-state index contributed by atoms with van der Waals surface area (Å²) in [5, 5.41) is -0.502. The summed E-state index contributed by atoms with van der Waals surface area (Å²) < 4.78 is 5.45. The molecule has 5 rings (SSSR count). The first-order valence-electron chi connectivity index (χ1n) is 9.81. The molecule has 2 aromatic rings. The van der Waals surface area contributed by atoms with E-state index >= 15 is 0 Å². The van der Waals surface area contributed by atoms with Crippen molar-refractivity contribution in [1.29, 1.82) is 0 Å². The number of amides is 3. The fourth-order valence-electron chi connectivity index (χ4n) is 4.10. The van der Waals surface area contributed by atoms with E-state index in [9.17, 15) is 19.2 Å². The molecule has 3 aliphatic rings. The summed E-state index contributed by atoms with van der Waals surface area (Å²) in [7, 11) is 0. The summed E-state index contributed by atoms with van der Waals surface area (Å²) in [6, 6.07) is 14.9. The third-order valence-corrected chi connectivity index (χ3v) is 7.05. The SMILES string of the molecule is CC1=C(C(=O)OCc2ccccc2)N2C(=O)[C@@H](N3C(=O)c4ccccc4C3=O)[C@@H]2SC1. The van der Waals surface area contributed by atoms with Crippen molar-refractivity contribution >= 4 is 35.5 Å². The van der Waals surface area contributed by atoms with E-state index in [0.29, 0.717) is 16.9 Å². The van der Waals surface area contributed by atoms with Gasteiger partial charge in [0.15, 0.2) is 0 Å². The van der Waals surface area contributed by atoms with Crippen molar-refractivity contribution in [2.75, 3.05) is 5.75 Å². The van der Waals surface area contributed by atoms with E-state index < -0.39 is 35.1 Å². The largest absolute Gasteiger partial charge is 0.456 e. The van der Waals surface area contributed by atoms with Gasteiger partial charge < -0.3 is 4.74 Å². The molecule has 7 nitrogen and oxygen atoms in total. The number of carbonyl (C=O) groups excluding carboxylic acids is 4. The molecule has 0 unspecified atom stereocenters. The Morgan fingerprint density at radius 3 is 2.23 bits per heavy atom. The van der Waals surface area contributed by atoms with Crippen LogP contribution in [0.5, 0.6) is 0 Å². The molecule has 1 saturated heterocycles. The topological polar surface area (TPSA) is 84.0 Å². The zero-order chi connectivity index (χ0) is 21.7. The molecule has 3 heterocycles. The number of fused-ring (bicyclic) bond motifs is 2. The Labute approximate surface area is 182 Å². The number of nitrogens with zero attached hydrogens (tertiary/aromatic N) is 2. The number of thioether (sulfide) groups is 1. The number of imide groups is 1. The molecule has 2 atom stereocenters. The molecule has 0 radical (unpaired) electrons. The van der Waals surface area contributed by atoms with Gasteiger partial charge in [-0.3, -0.25) is 24.2 Å². The lowest BCUT2D eigenvalue weighted by Crippen LogP contribution is -2.71. The molecule has 0 spiro atoms. The van der Waals surface area contributed by atoms with Gasteiger partial charge in [-0.25, -0.2) is 4.79 Å². The van der Waals surface area contributed by atoms with Crippen LogP contribution in [0.3, 0.4) is 0 Å². The molecule has 2 aromatic carbocycles. The smallest absolute Gasteiger partial charge is 0.355 e. The highest BCUT2D eigenvalue weighted by Crippen LogP contribution is 2.44. The minimum Gasteiger partial charge on any atom is -0.456 e. The minimum absolute atomic E-state index is 0.0954. The Morgan fingerprint density at radius 1 is 0.968 bits per heavy atom. The number of hydrogen-bond acceptors (Lipinski definition) is 6. The summed E-state index contributed by atoms with van der Waals surface area (Å²) in [6.07, 6.45) is 0. The molecular weight excluding hydrogens is 416 g/mol. The first-order chi connectivity index (χ1) is 15.0. The maximum Gasteiger partial charge on any atom is 0.355 e. The Hall–Kier alpha value is -3.39. The Kier molecular flexibility index (Phi) is 4.66. The van der Waals surface area contributed by atoms with Crippen molar-refractivity contribution in [2.45, 2.75) is 24.9 Å². The zero-order valence-electron chi connectivity index (χ0n) is 16.6. The van der Waals surface area contributed by atoms with Gasteiger partial charge in [0.25, 0.3) is 17.7 Å². The van der Waals surface area contributed by atoms with Gasteiger partial charge >= 0.3 is 5.97 Å². The third-order valence-electron chi connectivity index (χ3n) is 5.64. The van der Waals surface area contributed by atoms with E-state index in [4.69, 9.17) is 4.74 Å². The first kappa shape index (κ1) is 19.6. The molecule has 0 aliphatic carbocycles. The van der Waals surface area contributed by atoms with Crippen LogP contribution in [0, 0.1) is 0 Å². The molecule has 1 fully saturated rings. The predicted octanol–water partition coefficient (Wildman–Crippen LogP) is 2.58. The lowest BCUT2D eigenvalue weighted by molar-refractivity contribution is -0.154. The van der Waals surface area contributed by atoms with Crippen LogP contribution in [0.15, 0.2) is 65.9 Å². The lowest BCUT2D eigenvalue weighted by Gasteiger charge is -2.51. The fourth-order valence-corrected chi connectivity index (χ4v) is 5.44. The zero-order valence-corrected chi connectivity index (χ0v) is 17.4. The van der Waals surface area contributed by atoms with E-state index in [1.807, 2.05) is 30.3 Å². The molecule has 0 bridgehead atoms. The van der Waals surface area contributed by atoms with Gasteiger partial charge in [-0.05, 0) is 30.2 Å². The molecule has 0 saturated carbocycles. The Morgan fingerprint density at radius 2 is 1.58 bits per heavy atom. The van der Waals surface area contributed by atoms with Crippen molar-refractivity contribution in [3.05, 3.63) is 82.6 Å². The summed E-state index contributed by atoms with van der Waals surface area (Å²) in [5.74, 6) is -1.47. The molecule has 31 heavy (non-hydrogen) atoms. The van der Waals surface area contributed by atoms with Crippen molar-refractivity contribution in [2.24, 2.45) is 0 Å². The second-order valence-electron chi connectivity index (χ2n) is 7.57. The number of benzene rings is 2. The van der Waals surface area contributed by atoms with Crippen molar-refractivity contribution in [1.82, 2.24) is 9.80 Å². The van der Waals surface area contributed by atoms with E-state index in [1.165, 1.54) is 16.7 Å². The molecule has 3 aliphatic heterocycles. The summed E-state index contributed by atoms with van der Waals surface area (Å²) in [5.41, 5.74) is 2.38. The number of β-lactam (4-membered cyclic amide) rings is 1. The maximum absolute atomic E-state index is 13.1. The highest BCUT2D eigenvalue weighted by atomic mass is 32.2. The van der Waals surface area contributed by atoms with Crippen LogP contribution in [0.25, 0.3) is 0 Å². The molecule has 0 aromatic heterocycles. The van der Waals surface area contributed by atoms with Crippen LogP contribution in [-0.4, -0.2) is 50.7 Å². The van der Waals surface area contributed by atoms with Crippen molar-refractivity contribution in [3.8, 4) is 0 Å². The molecule has 3 amide bonds. The third kappa shape index (κ3) is 2.97. The summed E-state index contributed by atoms with van der Waals surface area (Å²) in [4.78, 5) is 54.0. The van der Waals surface area contributed by atoms with Crippen LogP contribution < -0.4 is 0 Å². The Balaban J connectivity index is 1.36.